The lowest BCUT2D eigenvalue weighted by Crippen LogP contribution is -2.15. The molecule has 0 unspecified atom stereocenters. The Labute approximate surface area is 190 Å². The average Bonchev–Trinajstić information content (AvgIpc) is 3.18. The Morgan fingerprint density at radius 3 is 2.61 bits per heavy atom. The van der Waals surface area contributed by atoms with Gasteiger partial charge >= 0.3 is 0 Å². The third-order valence-corrected chi connectivity index (χ3v) is 5.86. The molecule has 164 valence electrons. The van der Waals surface area contributed by atoms with Crippen molar-refractivity contribution in [2.24, 2.45) is 0 Å². The number of halogens is 2. The van der Waals surface area contributed by atoms with Crippen LogP contribution >= 0.6 is 23.4 Å². The lowest BCUT2D eigenvalue weighted by atomic mass is 10.2. The van der Waals surface area contributed by atoms with Crippen molar-refractivity contribution in [3.05, 3.63) is 64.7 Å². The van der Waals surface area contributed by atoms with Crippen molar-refractivity contribution < 1.29 is 13.9 Å². The molecule has 1 heterocycles. The number of ether oxygens (including phenoxy) is 1. The van der Waals surface area contributed by atoms with E-state index in [-0.39, 0.29) is 22.8 Å². The summed E-state index contributed by atoms with van der Waals surface area (Å²) in [5.74, 6) is 0.800. The summed E-state index contributed by atoms with van der Waals surface area (Å²) in [6, 6.07) is 12.0. The molecule has 0 aliphatic rings. The highest BCUT2D eigenvalue weighted by Crippen LogP contribution is 2.25. The molecule has 2 aromatic carbocycles. The van der Waals surface area contributed by atoms with E-state index in [0.717, 1.165) is 12.2 Å². The number of anilines is 1. The number of nitrogens with one attached hydrogen (secondary N) is 1. The van der Waals surface area contributed by atoms with Crippen molar-refractivity contribution in [3.8, 4) is 5.75 Å². The van der Waals surface area contributed by atoms with Gasteiger partial charge in [-0.15, -0.1) is 10.2 Å². The fraction of sp³-hybridized carbons (Fsp3) is 0.318. The Bertz CT molecular complexity index is 1040. The maximum absolute atomic E-state index is 13.3. The Kier molecular flexibility index (Phi) is 7.92. The zero-order valence-electron chi connectivity index (χ0n) is 17.6. The van der Waals surface area contributed by atoms with Gasteiger partial charge < -0.3 is 14.6 Å². The summed E-state index contributed by atoms with van der Waals surface area (Å²) in [7, 11) is 0. The van der Waals surface area contributed by atoms with Crippen LogP contribution in [0.15, 0.2) is 47.6 Å². The van der Waals surface area contributed by atoms with Gasteiger partial charge in [-0.2, -0.15) is 0 Å². The zero-order valence-corrected chi connectivity index (χ0v) is 19.1. The van der Waals surface area contributed by atoms with Gasteiger partial charge in [-0.25, -0.2) is 4.39 Å². The molecule has 9 heteroatoms. The molecule has 0 radical (unpaired) electrons. The van der Waals surface area contributed by atoms with Crippen molar-refractivity contribution in [1.29, 1.82) is 0 Å². The Hall–Kier alpha value is -2.58. The third-order valence-electron chi connectivity index (χ3n) is 4.61. The van der Waals surface area contributed by atoms with Gasteiger partial charge in [-0.1, -0.05) is 42.4 Å². The van der Waals surface area contributed by atoms with Crippen LogP contribution in [0, 0.1) is 5.82 Å². The molecule has 3 rings (SSSR count). The molecule has 1 amide bonds. The minimum absolute atomic E-state index is 0.0425. The monoisotopic (exact) mass is 462 g/mol. The zero-order chi connectivity index (χ0) is 22.4. The standard InChI is InChI=1S/C22H24ClFN4O2S/c1-4-15-6-9-17(10-7-15)30-14(3)21-26-27-22(28(21)5-2)31-13-20(29)25-16-8-11-19(24)18(23)12-16/h6-12,14H,4-5,13H2,1-3H3,(H,25,29)/t14-/m1/s1. The van der Waals surface area contributed by atoms with E-state index in [4.69, 9.17) is 16.3 Å². The molecule has 1 N–H and O–H groups in total. The maximum atomic E-state index is 13.3. The molecule has 0 fully saturated rings. The normalized spacial score (nSPS) is 11.9. The van der Waals surface area contributed by atoms with Crippen LogP contribution in [0.1, 0.15) is 38.3 Å². The average molecular weight is 463 g/mol. The number of nitrogens with zero attached hydrogens (tertiary/aromatic N) is 3. The number of hydrogen-bond donors (Lipinski definition) is 1. The number of benzene rings is 2. The van der Waals surface area contributed by atoms with Crippen molar-refractivity contribution in [2.45, 2.75) is 45.0 Å². The predicted molar refractivity (Wildman–Crippen MR) is 121 cm³/mol. The van der Waals surface area contributed by atoms with E-state index in [1.54, 1.807) is 0 Å². The first-order valence-corrected chi connectivity index (χ1v) is 11.3. The fourth-order valence-corrected chi connectivity index (χ4v) is 3.96. The largest absolute Gasteiger partial charge is 0.483 e. The fourth-order valence-electron chi connectivity index (χ4n) is 2.97. The van der Waals surface area contributed by atoms with Crippen LogP contribution in [-0.4, -0.2) is 26.4 Å². The summed E-state index contributed by atoms with van der Waals surface area (Å²) in [5, 5.41) is 11.8. The summed E-state index contributed by atoms with van der Waals surface area (Å²) < 4.78 is 21.2. The molecule has 1 aromatic heterocycles. The lowest BCUT2D eigenvalue weighted by molar-refractivity contribution is -0.113. The molecular weight excluding hydrogens is 439 g/mol. The quantitative estimate of drug-likeness (QED) is 0.424. The van der Waals surface area contributed by atoms with E-state index in [9.17, 15) is 9.18 Å². The van der Waals surface area contributed by atoms with Crippen LogP contribution < -0.4 is 10.1 Å². The first-order chi connectivity index (χ1) is 14.9. The molecule has 1 atom stereocenters. The van der Waals surface area contributed by atoms with Gasteiger partial charge in [0.1, 0.15) is 11.6 Å². The second kappa shape index (κ2) is 10.6. The Morgan fingerprint density at radius 2 is 1.97 bits per heavy atom. The molecule has 0 bridgehead atoms. The number of rotatable bonds is 9. The second-order valence-electron chi connectivity index (χ2n) is 6.81. The number of carbonyl (C=O) groups excluding carboxylic acids is 1. The first-order valence-electron chi connectivity index (χ1n) is 9.97. The SMILES string of the molecule is CCc1ccc(O[C@H](C)c2nnc(SCC(=O)Nc3ccc(F)c(Cl)c3)n2CC)cc1. The summed E-state index contributed by atoms with van der Waals surface area (Å²) in [6.07, 6.45) is 0.673. The predicted octanol–water partition coefficient (Wildman–Crippen LogP) is 5.52. The van der Waals surface area contributed by atoms with Gasteiger partial charge in [-0.3, -0.25) is 4.79 Å². The topological polar surface area (TPSA) is 69.0 Å². The maximum Gasteiger partial charge on any atom is 0.234 e. The lowest BCUT2D eigenvalue weighted by Gasteiger charge is -2.16. The molecule has 6 nitrogen and oxygen atoms in total. The van der Waals surface area contributed by atoms with E-state index in [2.05, 4.69) is 22.4 Å². The summed E-state index contributed by atoms with van der Waals surface area (Å²) in [6.45, 7) is 6.66. The van der Waals surface area contributed by atoms with Crippen LogP contribution in [0.4, 0.5) is 10.1 Å². The van der Waals surface area contributed by atoms with Crippen LogP contribution in [0.5, 0.6) is 5.75 Å². The number of aromatic nitrogens is 3. The third kappa shape index (κ3) is 5.98. The van der Waals surface area contributed by atoms with Crippen molar-refractivity contribution in [2.75, 3.05) is 11.1 Å². The van der Waals surface area contributed by atoms with Gasteiger partial charge in [0.25, 0.3) is 0 Å². The highest BCUT2D eigenvalue weighted by Gasteiger charge is 2.19. The number of carbonyl (C=O) groups is 1. The van der Waals surface area contributed by atoms with E-state index in [0.29, 0.717) is 23.2 Å². The number of hydrogen-bond acceptors (Lipinski definition) is 5. The number of thioether (sulfide) groups is 1. The Morgan fingerprint density at radius 1 is 1.23 bits per heavy atom. The smallest absolute Gasteiger partial charge is 0.234 e. The molecule has 0 aliphatic heterocycles. The van der Waals surface area contributed by atoms with Crippen molar-refractivity contribution in [1.82, 2.24) is 14.8 Å². The van der Waals surface area contributed by atoms with E-state index in [1.165, 1.54) is 35.5 Å². The summed E-state index contributed by atoms with van der Waals surface area (Å²) in [4.78, 5) is 12.3. The van der Waals surface area contributed by atoms with Gasteiger partial charge in [-0.05, 0) is 56.2 Å². The summed E-state index contributed by atoms with van der Waals surface area (Å²) in [5.41, 5.74) is 1.68. The molecule has 0 saturated carbocycles. The van der Waals surface area contributed by atoms with Gasteiger partial charge in [0.15, 0.2) is 17.1 Å². The van der Waals surface area contributed by atoms with Crippen LogP contribution in [0.3, 0.4) is 0 Å². The molecule has 3 aromatic rings. The second-order valence-corrected chi connectivity index (χ2v) is 8.16. The molecule has 0 aliphatic carbocycles. The molecule has 0 spiro atoms. The summed E-state index contributed by atoms with van der Waals surface area (Å²) >= 11 is 7.02. The van der Waals surface area contributed by atoms with Gasteiger partial charge in [0, 0.05) is 12.2 Å². The Balaban J connectivity index is 1.61. The van der Waals surface area contributed by atoms with Crippen LogP contribution in [0.2, 0.25) is 5.02 Å². The van der Waals surface area contributed by atoms with E-state index in [1.807, 2.05) is 42.7 Å². The molecular formula is C22H24ClFN4O2S. The van der Waals surface area contributed by atoms with Gasteiger partial charge in [0.05, 0.1) is 10.8 Å². The number of amides is 1. The molecule has 31 heavy (non-hydrogen) atoms. The highest BCUT2D eigenvalue weighted by atomic mass is 35.5. The van der Waals surface area contributed by atoms with E-state index < -0.39 is 5.82 Å². The number of aryl methyl sites for hydroxylation is 1. The van der Waals surface area contributed by atoms with E-state index >= 15 is 0 Å². The van der Waals surface area contributed by atoms with Crippen molar-refractivity contribution >= 4 is 35.0 Å². The first kappa shape index (κ1) is 23.1. The molecule has 0 saturated heterocycles. The van der Waals surface area contributed by atoms with Crippen molar-refractivity contribution in [3.63, 3.8) is 0 Å². The minimum atomic E-state index is -0.532. The van der Waals surface area contributed by atoms with Crippen LogP contribution in [-0.2, 0) is 17.8 Å². The minimum Gasteiger partial charge on any atom is -0.483 e. The van der Waals surface area contributed by atoms with Gasteiger partial charge in [0.2, 0.25) is 5.91 Å². The van der Waals surface area contributed by atoms with Crippen LogP contribution in [0.25, 0.3) is 0 Å². The highest BCUT2D eigenvalue weighted by molar-refractivity contribution is 7.99.